The number of furan rings is 1. The number of aromatic nitrogens is 3. The van der Waals surface area contributed by atoms with Crippen LogP contribution in [0.3, 0.4) is 0 Å². The number of benzene rings is 1. The highest BCUT2D eigenvalue weighted by molar-refractivity contribution is 7.71. The van der Waals surface area contributed by atoms with Crippen LogP contribution in [0.5, 0.6) is 0 Å². The molecule has 23 heavy (non-hydrogen) atoms. The van der Waals surface area contributed by atoms with Crippen LogP contribution in [0.1, 0.15) is 12.7 Å². The van der Waals surface area contributed by atoms with Crippen molar-refractivity contribution in [1.29, 1.82) is 0 Å². The highest BCUT2D eigenvalue weighted by Gasteiger charge is 2.08. The van der Waals surface area contributed by atoms with Crippen molar-refractivity contribution >= 4 is 24.5 Å². The highest BCUT2D eigenvalue weighted by Crippen LogP contribution is 2.17. The molecule has 1 N–H and O–H groups in total. The van der Waals surface area contributed by atoms with E-state index in [0.29, 0.717) is 16.2 Å². The molecule has 7 heteroatoms. The molecule has 3 rings (SSSR count). The third kappa shape index (κ3) is 3.51. The summed E-state index contributed by atoms with van der Waals surface area (Å²) in [5.41, 5.74) is 1.59. The van der Waals surface area contributed by atoms with E-state index < -0.39 is 0 Å². The van der Waals surface area contributed by atoms with Crippen LogP contribution >= 0.6 is 12.2 Å². The van der Waals surface area contributed by atoms with Crippen molar-refractivity contribution < 1.29 is 8.81 Å². The lowest BCUT2D eigenvalue weighted by atomic mass is 10.2. The summed E-state index contributed by atoms with van der Waals surface area (Å²) in [5, 5.41) is 11.2. The second kappa shape index (κ2) is 6.53. The van der Waals surface area contributed by atoms with Gasteiger partial charge in [-0.1, -0.05) is 0 Å². The first kappa shape index (κ1) is 15.1. The molecule has 0 radical (unpaired) electrons. The van der Waals surface area contributed by atoms with Crippen LogP contribution in [0.15, 0.2) is 57.8 Å². The van der Waals surface area contributed by atoms with Gasteiger partial charge in [-0.25, -0.2) is 9.49 Å². The van der Waals surface area contributed by atoms with Crippen molar-refractivity contribution in [2.45, 2.75) is 6.92 Å². The highest BCUT2D eigenvalue weighted by atomic mass is 32.1. The summed E-state index contributed by atoms with van der Waals surface area (Å²) in [7, 11) is 0. The lowest BCUT2D eigenvalue weighted by Crippen LogP contribution is -1.95. The number of rotatable bonds is 4. The van der Waals surface area contributed by atoms with Crippen molar-refractivity contribution in [3.8, 4) is 11.4 Å². The van der Waals surface area contributed by atoms with E-state index in [1.54, 1.807) is 24.6 Å². The van der Waals surface area contributed by atoms with Crippen LogP contribution in [0.2, 0.25) is 0 Å². The number of H-pyrrole nitrogens is 1. The molecular weight excluding hydrogens is 315 g/mol. The van der Waals surface area contributed by atoms with Gasteiger partial charge in [0.15, 0.2) is 5.82 Å². The Labute approximate surface area is 136 Å². The summed E-state index contributed by atoms with van der Waals surface area (Å²) >= 11 is 5.19. The molecule has 0 aliphatic carbocycles. The molecule has 5 nitrogen and oxygen atoms in total. The Bertz CT molecular complexity index is 904. The van der Waals surface area contributed by atoms with Crippen LogP contribution in [0.4, 0.5) is 4.39 Å². The van der Waals surface area contributed by atoms with Crippen molar-refractivity contribution in [1.82, 2.24) is 14.9 Å². The smallest absolute Gasteiger partial charge is 0.216 e. The number of nitrogens with zero attached hydrogens (tertiary/aromatic N) is 3. The van der Waals surface area contributed by atoms with Gasteiger partial charge in [0, 0.05) is 5.56 Å². The molecule has 116 valence electrons. The van der Waals surface area contributed by atoms with Crippen LogP contribution < -0.4 is 0 Å². The predicted molar refractivity (Wildman–Crippen MR) is 89.1 cm³/mol. The first-order valence-electron chi connectivity index (χ1n) is 6.83. The van der Waals surface area contributed by atoms with E-state index in [4.69, 9.17) is 16.6 Å². The maximum Gasteiger partial charge on any atom is 0.216 e. The monoisotopic (exact) mass is 328 g/mol. The normalized spacial score (nSPS) is 12.2. The number of hydrogen-bond donors (Lipinski definition) is 1. The Kier molecular flexibility index (Phi) is 4.29. The van der Waals surface area contributed by atoms with E-state index in [1.807, 2.05) is 25.1 Å². The molecule has 0 aliphatic rings. The van der Waals surface area contributed by atoms with Gasteiger partial charge in [0.05, 0.1) is 12.5 Å². The third-order valence-corrected chi connectivity index (χ3v) is 3.31. The van der Waals surface area contributed by atoms with Gasteiger partial charge in [0.25, 0.3) is 0 Å². The van der Waals surface area contributed by atoms with E-state index in [1.165, 1.54) is 16.8 Å². The summed E-state index contributed by atoms with van der Waals surface area (Å²) in [6.45, 7) is 1.90. The second-order valence-electron chi connectivity index (χ2n) is 4.82. The Morgan fingerprint density at radius 3 is 2.83 bits per heavy atom. The van der Waals surface area contributed by atoms with E-state index >= 15 is 0 Å². The number of halogens is 1. The summed E-state index contributed by atoms with van der Waals surface area (Å²) < 4.78 is 20.1. The molecule has 1 aromatic carbocycles. The van der Waals surface area contributed by atoms with Crippen LogP contribution in [-0.4, -0.2) is 21.1 Å². The maximum absolute atomic E-state index is 13.0. The first-order chi connectivity index (χ1) is 11.1. The van der Waals surface area contributed by atoms with Gasteiger partial charge >= 0.3 is 0 Å². The molecule has 0 bridgehead atoms. The fourth-order valence-electron chi connectivity index (χ4n) is 1.97. The SMILES string of the molecule is CC(/C=N\n1c(-c2ccc(F)cc2)n[nH]c1=S)=C/c1ccco1. The fraction of sp³-hybridized carbons (Fsp3) is 0.0625. The maximum atomic E-state index is 13.0. The van der Waals surface area contributed by atoms with Crippen molar-refractivity contribution in [3.63, 3.8) is 0 Å². The van der Waals surface area contributed by atoms with Gasteiger partial charge in [-0.05, 0) is 67.2 Å². The summed E-state index contributed by atoms with van der Waals surface area (Å²) in [5.74, 6) is 0.940. The molecule has 0 unspecified atom stereocenters. The topological polar surface area (TPSA) is 59.1 Å². The first-order valence-corrected chi connectivity index (χ1v) is 7.24. The van der Waals surface area contributed by atoms with E-state index in [0.717, 1.165) is 11.3 Å². The molecule has 0 fully saturated rings. The molecule has 0 saturated carbocycles. The van der Waals surface area contributed by atoms with Gasteiger partial charge in [-0.3, -0.25) is 0 Å². The summed E-state index contributed by atoms with van der Waals surface area (Å²) in [6, 6.07) is 9.64. The lowest BCUT2D eigenvalue weighted by molar-refractivity contribution is 0.557. The lowest BCUT2D eigenvalue weighted by Gasteiger charge is -2.00. The summed E-state index contributed by atoms with van der Waals surface area (Å²) in [6.07, 6.45) is 5.11. The fourth-order valence-corrected chi connectivity index (χ4v) is 2.15. The number of nitrogens with one attached hydrogen (secondary N) is 1. The molecule has 0 spiro atoms. The zero-order valence-electron chi connectivity index (χ0n) is 12.2. The predicted octanol–water partition coefficient (Wildman–Crippen LogP) is 4.28. The zero-order chi connectivity index (χ0) is 16.2. The van der Waals surface area contributed by atoms with Crippen molar-refractivity contribution in [2.24, 2.45) is 5.10 Å². The van der Waals surface area contributed by atoms with Crippen molar-refractivity contribution in [2.75, 3.05) is 0 Å². The largest absolute Gasteiger partial charge is 0.465 e. The average molecular weight is 328 g/mol. The quantitative estimate of drug-likeness (QED) is 0.574. The van der Waals surface area contributed by atoms with E-state index in [9.17, 15) is 4.39 Å². The van der Waals surface area contributed by atoms with Crippen LogP contribution in [0, 0.1) is 10.6 Å². The van der Waals surface area contributed by atoms with Gasteiger partial charge < -0.3 is 4.42 Å². The Morgan fingerprint density at radius 2 is 2.13 bits per heavy atom. The molecule has 2 aromatic heterocycles. The Hall–Kier alpha value is -2.80. The average Bonchev–Trinajstić information content (AvgIpc) is 3.16. The third-order valence-electron chi connectivity index (χ3n) is 3.04. The van der Waals surface area contributed by atoms with E-state index in [-0.39, 0.29) is 5.82 Å². The minimum Gasteiger partial charge on any atom is -0.465 e. The zero-order valence-corrected chi connectivity index (χ0v) is 13.0. The number of aromatic amines is 1. The number of hydrogen-bond acceptors (Lipinski definition) is 4. The summed E-state index contributed by atoms with van der Waals surface area (Å²) in [4.78, 5) is 0. The van der Waals surface area contributed by atoms with Gasteiger partial charge in [0.2, 0.25) is 4.77 Å². The minimum atomic E-state index is -0.310. The van der Waals surface area contributed by atoms with Crippen LogP contribution in [0.25, 0.3) is 17.5 Å². The molecule has 0 amide bonds. The molecule has 0 atom stereocenters. The molecule has 2 heterocycles. The molecule has 3 aromatic rings. The molecular formula is C16H13FN4OS. The second-order valence-corrected chi connectivity index (χ2v) is 5.21. The minimum absolute atomic E-state index is 0.310. The standard InChI is InChI=1S/C16H13FN4OS/c1-11(9-14-3-2-8-22-14)10-18-21-15(19-20-16(21)23)12-4-6-13(17)7-5-12/h2-10H,1H3,(H,20,23)/b11-9-,18-10-. The van der Waals surface area contributed by atoms with Crippen molar-refractivity contribution in [3.05, 3.63) is 64.6 Å². The number of allylic oxidation sites excluding steroid dienone is 1. The van der Waals surface area contributed by atoms with Gasteiger partial charge in [-0.15, -0.1) is 0 Å². The Morgan fingerprint density at radius 1 is 1.35 bits per heavy atom. The molecule has 0 saturated heterocycles. The van der Waals surface area contributed by atoms with Gasteiger partial charge in [-0.2, -0.15) is 14.9 Å². The van der Waals surface area contributed by atoms with Gasteiger partial charge in [0.1, 0.15) is 11.6 Å². The van der Waals surface area contributed by atoms with E-state index in [2.05, 4.69) is 15.3 Å². The Balaban J connectivity index is 1.91. The van der Waals surface area contributed by atoms with Crippen LogP contribution in [-0.2, 0) is 0 Å². The molecule has 0 aliphatic heterocycles.